The number of nitrogens with zero attached hydrogens (tertiary/aromatic N) is 1. The number of rotatable bonds is 4. The second-order valence-electron chi connectivity index (χ2n) is 6.24. The van der Waals surface area contributed by atoms with Crippen molar-refractivity contribution in [3.05, 3.63) is 23.2 Å². The van der Waals surface area contributed by atoms with Crippen molar-refractivity contribution in [3.8, 4) is 0 Å². The van der Waals surface area contributed by atoms with Crippen molar-refractivity contribution in [2.24, 2.45) is 0 Å². The lowest BCUT2D eigenvalue weighted by molar-refractivity contribution is -0.143. The number of amides is 2. The van der Waals surface area contributed by atoms with Crippen LogP contribution in [0.2, 0.25) is 5.02 Å². The molecule has 0 aliphatic carbocycles. The fourth-order valence-electron chi connectivity index (χ4n) is 2.84. The standard InChI is InChI=1S/C17H24ClN3O3/c1-10-8-21(9-11(2)24-10)17(23)12(3)19-14-5-6-16(15(18)7-14)20-13(4)22/h5-7,10-12,19H,8-9H2,1-4H3,(H,20,22). The van der Waals surface area contributed by atoms with Crippen LogP contribution in [0.25, 0.3) is 0 Å². The van der Waals surface area contributed by atoms with E-state index in [0.29, 0.717) is 23.8 Å². The summed E-state index contributed by atoms with van der Waals surface area (Å²) in [6.45, 7) is 8.37. The van der Waals surface area contributed by atoms with Gasteiger partial charge in [-0.3, -0.25) is 9.59 Å². The van der Waals surface area contributed by atoms with E-state index in [1.54, 1.807) is 18.2 Å². The number of halogens is 1. The maximum Gasteiger partial charge on any atom is 0.244 e. The minimum Gasteiger partial charge on any atom is -0.374 e. The van der Waals surface area contributed by atoms with Crippen molar-refractivity contribution < 1.29 is 14.3 Å². The Bertz CT molecular complexity index is 613. The Balaban J connectivity index is 2.01. The molecule has 1 aliphatic rings. The fourth-order valence-corrected chi connectivity index (χ4v) is 3.07. The van der Waals surface area contributed by atoms with Crippen LogP contribution in [0.4, 0.5) is 11.4 Å². The average Bonchev–Trinajstić information content (AvgIpc) is 2.48. The first-order chi connectivity index (χ1) is 11.3. The van der Waals surface area contributed by atoms with Gasteiger partial charge in [-0.05, 0) is 39.0 Å². The molecule has 0 bridgehead atoms. The summed E-state index contributed by atoms with van der Waals surface area (Å²) in [5, 5.41) is 6.23. The van der Waals surface area contributed by atoms with E-state index in [-0.39, 0.29) is 30.1 Å². The third-order valence-electron chi connectivity index (χ3n) is 3.76. The zero-order valence-corrected chi connectivity index (χ0v) is 15.2. The van der Waals surface area contributed by atoms with Crippen molar-refractivity contribution >= 4 is 34.8 Å². The van der Waals surface area contributed by atoms with Crippen molar-refractivity contribution in [3.63, 3.8) is 0 Å². The molecule has 6 nitrogen and oxygen atoms in total. The van der Waals surface area contributed by atoms with Gasteiger partial charge in [-0.25, -0.2) is 0 Å². The number of carbonyl (C=O) groups is 2. The van der Waals surface area contributed by atoms with E-state index in [1.165, 1.54) is 6.92 Å². The Hall–Kier alpha value is -1.79. The third-order valence-corrected chi connectivity index (χ3v) is 4.08. The molecule has 2 rings (SSSR count). The largest absolute Gasteiger partial charge is 0.374 e. The lowest BCUT2D eigenvalue weighted by atomic mass is 10.2. The highest BCUT2D eigenvalue weighted by Gasteiger charge is 2.28. The number of hydrogen-bond donors (Lipinski definition) is 2. The summed E-state index contributed by atoms with van der Waals surface area (Å²) in [4.78, 5) is 25.5. The highest BCUT2D eigenvalue weighted by Crippen LogP contribution is 2.26. The Kier molecular flexibility index (Phi) is 6.07. The molecule has 3 unspecified atom stereocenters. The highest BCUT2D eigenvalue weighted by molar-refractivity contribution is 6.34. The fraction of sp³-hybridized carbons (Fsp3) is 0.529. The molecule has 1 saturated heterocycles. The van der Waals surface area contributed by atoms with Crippen LogP contribution in [0.15, 0.2) is 18.2 Å². The Morgan fingerprint density at radius 1 is 1.29 bits per heavy atom. The van der Waals surface area contributed by atoms with Crippen molar-refractivity contribution in [2.75, 3.05) is 23.7 Å². The van der Waals surface area contributed by atoms with Crippen molar-refractivity contribution in [1.82, 2.24) is 4.90 Å². The number of morpholine rings is 1. The van der Waals surface area contributed by atoms with E-state index in [1.807, 2.05) is 25.7 Å². The van der Waals surface area contributed by atoms with Gasteiger partial charge in [-0.2, -0.15) is 0 Å². The number of nitrogens with one attached hydrogen (secondary N) is 2. The maximum absolute atomic E-state index is 12.6. The molecule has 3 atom stereocenters. The van der Waals surface area contributed by atoms with Crippen LogP contribution in [0.5, 0.6) is 0 Å². The van der Waals surface area contributed by atoms with Crippen LogP contribution in [0, 0.1) is 0 Å². The van der Waals surface area contributed by atoms with E-state index < -0.39 is 0 Å². The molecule has 0 aromatic heterocycles. The van der Waals surface area contributed by atoms with E-state index >= 15 is 0 Å². The van der Waals surface area contributed by atoms with Crippen LogP contribution in [-0.2, 0) is 14.3 Å². The summed E-state index contributed by atoms with van der Waals surface area (Å²) >= 11 is 6.16. The molecule has 0 spiro atoms. The monoisotopic (exact) mass is 353 g/mol. The Morgan fingerprint density at radius 3 is 2.46 bits per heavy atom. The molecular formula is C17H24ClN3O3. The molecular weight excluding hydrogens is 330 g/mol. The Labute approximate surface area is 147 Å². The summed E-state index contributed by atoms with van der Waals surface area (Å²) in [7, 11) is 0. The normalized spacial score (nSPS) is 22.0. The third kappa shape index (κ3) is 4.85. The SMILES string of the molecule is CC(=O)Nc1ccc(NC(C)C(=O)N2CC(C)OC(C)C2)cc1Cl. The molecule has 2 amide bonds. The number of anilines is 2. The predicted molar refractivity (Wildman–Crippen MR) is 95.4 cm³/mol. The summed E-state index contributed by atoms with van der Waals surface area (Å²) < 4.78 is 5.66. The highest BCUT2D eigenvalue weighted by atomic mass is 35.5. The number of benzene rings is 1. The van der Waals surface area contributed by atoms with Gasteiger partial charge in [0.2, 0.25) is 11.8 Å². The second-order valence-corrected chi connectivity index (χ2v) is 6.65. The number of carbonyl (C=O) groups excluding carboxylic acids is 2. The molecule has 0 radical (unpaired) electrons. The first-order valence-electron chi connectivity index (χ1n) is 8.04. The quantitative estimate of drug-likeness (QED) is 0.873. The van der Waals surface area contributed by atoms with Crippen LogP contribution in [0.3, 0.4) is 0 Å². The molecule has 1 heterocycles. The molecule has 132 valence electrons. The molecule has 0 saturated carbocycles. The zero-order valence-electron chi connectivity index (χ0n) is 14.4. The summed E-state index contributed by atoms with van der Waals surface area (Å²) in [6, 6.07) is 4.81. The van der Waals surface area contributed by atoms with Gasteiger partial charge in [0.05, 0.1) is 22.9 Å². The summed E-state index contributed by atoms with van der Waals surface area (Å²) in [5.74, 6) is -0.157. The lowest BCUT2D eigenvalue weighted by Crippen LogP contribution is -2.52. The van der Waals surface area contributed by atoms with Gasteiger partial charge in [-0.1, -0.05) is 11.6 Å². The zero-order chi connectivity index (χ0) is 17.9. The van der Waals surface area contributed by atoms with Crippen LogP contribution < -0.4 is 10.6 Å². The lowest BCUT2D eigenvalue weighted by Gasteiger charge is -2.36. The van der Waals surface area contributed by atoms with Gasteiger partial charge >= 0.3 is 0 Å². The van der Waals surface area contributed by atoms with E-state index in [2.05, 4.69) is 10.6 Å². The first kappa shape index (κ1) is 18.5. The molecule has 1 aromatic rings. The predicted octanol–water partition coefficient (Wildman–Crippen LogP) is 2.73. The number of ether oxygens (including phenoxy) is 1. The minimum absolute atomic E-state index is 0.0269. The molecule has 1 fully saturated rings. The van der Waals surface area contributed by atoms with Crippen molar-refractivity contribution in [2.45, 2.75) is 45.9 Å². The van der Waals surface area contributed by atoms with E-state index in [9.17, 15) is 9.59 Å². The molecule has 7 heteroatoms. The molecule has 1 aromatic carbocycles. The van der Waals surface area contributed by atoms with Crippen LogP contribution in [0.1, 0.15) is 27.7 Å². The first-order valence-corrected chi connectivity index (χ1v) is 8.42. The van der Waals surface area contributed by atoms with Gasteiger partial charge in [0.1, 0.15) is 6.04 Å². The summed E-state index contributed by atoms with van der Waals surface area (Å²) in [6.07, 6.45) is 0.0765. The van der Waals surface area contributed by atoms with Gasteiger partial charge < -0.3 is 20.3 Å². The molecule has 24 heavy (non-hydrogen) atoms. The molecule has 1 aliphatic heterocycles. The van der Waals surface area contributed by atoms with Crippen LogP contribution >= 0.6 is 11.6 Å². The summed E-state index contributed by atoms with van der Waals surface area (Å²) in [5.41, 5.74) is 1.27. The number of hydrogen-bond acceptors (Lipinski definition) is 4. The minimum atomic E-state index is -0.384. The van der Waals surface area contributed by atoms with Gasteiger partial charge in [0, 0.05) is 25.7 Å². The van der Waals surface area contributed by atoms with Crippen LogP contribution in [-0.4, -0.2) is 48.1 Å². The van der Waals surface area contributed by atoms with E-state index in [4.69, 9.17) is 16.3 Å². The Morgan fingerprint density at radius 2 is 1.92 bits per heavy atom. The van der Waals surface area contributed by atoms with Gasteiger partial charge in [-0.15, -0.1) is 0 Å². The van der Waals surface area contributed by atoms with Gasteiger partial charge in [0.25, 0.3) is 0 Å². The maximum atomic E-state index is 12.6. The second kappa shape index (κ2) is 7.85. The smallest absolute Gasteiger partial charge is 0.244 e. The average molecular weight is 354 g/mol. The van der Waals surface area contributed by atoms with Gasteiger partial charge in [0.15, 0.2) is 0 Å². The molecule has 2 N–H and O–H groups in total. The van der Waals surface area contributed by atoms with E-state index in [0.717, 1.165) is 5.69 Å². The van der Waals surface area contributed by atoms with Crippen molar-refractivity contribution in [1.29, 1.82) is 0 Å². The topological polar surface area (TPSA) is 70.7 Å².